The number of hydrogen-bond acceptors (Lipinski definition) is 7. The summed E-state index contributed by atoms with van der Waals surface area (Å²) >= 11 is 1.39. The van der Waals surface area contributed by atoms with Gasteiger partial charge in [-0.2, -0.15) is 0 Å². The molecule has 0 bridgehead atoms. The van der Waals surface area contributed by atoms with E-state index in [1.807, 2.05) is 37.3 Å². The molecule has 0 radical (unpaired) electrons. The van der Waals surface area contributed by atoms with Crippen molar-refractivity contribution in [2.24, 2.45) is 0 Å². The van der Waals surface area contributed by atoms with E-state index in [-0.39, 0.29) is 5.91 Å². The maximum absolute atomic E-state index is 12.4. The lowest BCUT2D eigenvalue weighted by atomic mass is 10.3. The number of anilines is 1. The van der Waals surface area contributed by atoms with Crippen molar-refractivity contribution in [3.05, 3.63) is 46.7 Å². The Morgan fingerprint density at radius 3 is 2.85 bits per heavy atom. The summed E-state index contributed by atoms with van der Waals surface area (Å²) in [5.41, 5.74) is 2.51. The molecule has 8 heteroatoms. The SMILES string of the molecule is Cc1cc(CNC(=O)c2nc3ccccc3s2)nc(N2CCOCC2)n1. The molecule has 26 heavy (non-hydrogen) atoms. The minimum Gasteiger partial charge on any atom is -0.378 e. The van der Waals surface area contributed by atoms with Gasteiger partial charge in [-0.1, -0.05) is 12.1 Å². The first-order chi connectivity index (χ1) is 12.7. The Morgan fingerprint density at radius 1 is 1.23 bits per heavy atom. The second-order valence-electron chi connectivity index (χ2n) is 6.07. The number of nitrogens with zero attached hydrogens (tertiary/aromatic N) is 4. The van der Waals surface area contributed by atoms with E-state index in [1.54, 1.807) is 0 Å². The van der Waals surface area contributed by atoms with Crippen LogP contribution in [-0.4, -0.2) is 47.2 Å². The van der Waals surface area contributed by atoms with Gasteiger partial charge in [-0.25, -0.2) is 15.0 Å². The highest BCUT2D eigenvalue weighted by Gasteiger charge is 2.16. The van der Waals surface area contributed by atoms with Crippen molar-refractivity contribution in [1.29, 1.82) is 0 Å². The Balaban J connectivity index is 1.46. The monoisotopic (exact) mass is 369 g/mol. The molecule has 0 spiro atoms. The van der Waals surface area contributed by atoms with Crippen LogP contribution in [0.2, 0.25) is 0 Å². The van der Waals surface area contributed by atoms with Gasteiger partial charge in [-0.15, -0.1) is 11.3 Å². The predicted molar refractivity (Wildman–Crippen MR) is 101 cm³/mol. The van der Waals surface area contributed by atoms with E-state index >= 15 is 0 Å². The molecule has 4 rings (SSSR count). The molecule has 1 fully saturated rings. The first-order valence-electron chi connectivity index (χ1n) is 8.50. The molecule has 1 N–H and O–H groups in total. The number of aryl methyl sites for hydroxylation is 1. The normalized spacial score (nSPS) is 14.6. The summed E-state index contributed by atoms with van der Waals surface area (Å²) in [6.45, 7) is 5.20. The standard InChI is InChI=1S/C18H19N5O2S/c1-12-10-13(21-18(20-12)23-6-8-25-9-7-23)11-19-16(24)17-22-14-4-2-3-5-15(14)26-17/h2-5,10H,6-9,11H2,1H3,(H,19,24). The number of morpholine rings is 1. The average Bonchev–Trinajstić information content (AvgIpc) is 3.11. The summed E-state index contributed by atoms with van der Waals surface area (Å²) in [5, 5.41) is 3.37. The lowest BCUT2D eigenvalue weighted by Gasteiger charge is -2.27. The van der Waals surface area contributed by atoms with Gasteiger partial charge >= 0.3 is 0 Å². The summed E-state index contributed by atoms with van der Waals surface area (Å²) in [6.07, 6.45) is 0. The topological polar surface area (TPSA) is 80.2 Å². The highest BCUT2D eigenvalue weighted by molar-refractivity contribution is 7.20. The second kappa shape index (κ2) is 7.35. The van der Waals surface area contributed by atoms with E-state index in [4.69, 9.17) is 4.74 Å². The molecule has 1 aromatic carbocycles. The molecule has 3 aromatic rings. The molecule has 0 saturated carbocycles. The number of thiazole rings is 1. The first kappa shape index (κ1) is 16.9. The molecule has 3 heterocycles. The van der Waals surface area contributed by atoms with Crippen molar-refractivity contribution in [2.45, 2.75) is 13.5 Å². The van der Waals surface area contributed by atoms with Gasteiger partial charge in [-0.05, 0) is 25.1 Å². The first-order valence-corrected chi connectivity index (χ1v) is 9.32. The molecular formula is C18H19N5O2S. The van der Waals surface area contributed by atoms with Crippen molar-refractivity contribution in [3.8, 4) is 0 Å². The van der Waals surface area contributed by atoms with Gasteiger partial charge in [0.2, 0.25) is 5.95 Å². The van der Waals surface area contributed by atoms with Crippen molar-refractivity contribution < 1.29 is 9.53 Å². The predicted octanol–water partition coefficient (Wildman–Crippen LogP) is 2.16. The quantitative estimate of drug-likeness (QED) is 0.759. The number of rotatable bonds is 4. The van der Waals surface area contributed by atoms with Gasteiger partial charge in [0.15, 0.2) is 5.01 Å². The third-order valence-electron chi connectivity index (χ3n) is 4.11. The number of carbonyl (C=O) groups is 1. The number of carbonyl (C=O) groups excluding carboxylic acids is 1. The zero-order valence-corrected chi connectivity index (χ0v) is 15.3. The highest BCUT2D eigenvalue weighted by atomic mass is 32.1. The maximum Gasteiger partial charge on any atom is 0.280 e. The third kappa shape index (κ3) is 3.66. The van der Waals surface area contributed by atoms with E-state index in [0.29, 0.717) is 30.7 Å². The van der Waals surface area contributed by atoms with Crippen LogP contribution in [0, 0.1) is 6.92 Å². The smallest absolute Gasteiger partial charge is 0.280 e. The van der Waals surface area contributed by atoms with E-state index in [1.165, 1.54) is 11.3 Å². The van der Waals surface area contributed by atoms with Crippen molar-refractivity contribution in [1.82, 2.24) is 20.3 Å². The fraction of sp³-hybridized carbons (Fsp3) is 0.333. The van der Waals surface area contributed by atoms with Crippen molar-refractivity contribution in [2.75, 3.05) is 31.2 Å². The van der Waals surface area contributed by atoms with E-state index in [0.717, 1.165) is 34.7 Å². The number of hydrogen-bond donors (Lipinski definition) is 1. The molecule has 1 saturated heterocycles. The molecule has 1 aliphatic rings. The van der Waals surface area contributed by atoms with Crippen LogP contribution >= 0.6 is 11.3 Å². The fourth-order valence-electron chi connectivity index (χ4n) is 2.83. The molecule has 7 nitrogen and oxygen atoms in total. The molecule has 134 valence electrons. The Kier molecular flexibility index (Phi) is 4.77. The molecule has 2 aromatic heterocycles. The Hall–Kier alpha value is -2.58. The summed E-state index contributed by atoms with van der Waals surface area (Å²) in [6, 6.07) is 9.62. The Labute approximate surface area is 155 Å². The zero-order chi connectivity index (χ0) is 17.9. The summed E-state index contributed by atoms with van der Waals surface area (Å²) in [4.78, 5) is 28.0. The van der Waals surface area contributed by atoms with Crippen LogP contribution in [0.4, 0.5) is 5.95 Å². The Morgan fingerprint density at radius 2 is 2.04 bits per heavy atom. The van der Waals surface area contributed by atoms with Gasteiger partial charge in [0.1, 0.15) is 0 Å². The highest BCUT2D eigenvalue weighted by Crippen LogP contribution is 2.21. The third-order valence-corrected chi connectivity index (χ3v) is 5.14. The summed E-state index contributed by atoms with van der Waals surface area (Å²) < 4.78 is 6.38. The number of ether oxygens (including phenoxy) is 1. The molecule has 1 aliphatic heterocycles. The van der Waals surface area contributed by atoms with Crippen LogP contribution in [0.5, 0.6) is 0 Å². The minimum absolute atomic E-state index is 0.185. The van der Waals surface area contributed by atoms with Gasteiger partial charge in [0.05, 0.1) is 35.7 Å². The van der Waals surface area contributed by atoms with Crippen LogP contribution in [0.3, 0.4) is 0 Å². The van der Waals surface area contributed by atoms with Gasteiger partial charge in [0.25, 0.3) is 5.91 Å². The minimum atomic E-state index is -0.185. The van der Waals surface area contributed by atoms with Crippen molar-refractivity contribution >= 4 is 33.4 Å². The second-order valence-corrected chi connectivity index (χ2v) is 7.10. The van der Waals surface area contributed by atoms with Crippen LogP contribution < -0.4 is 10.2 Å². The van der Waals surface area contributed by atoms with Crippen LogP contribution in [0.25, 0.3) is 10.2 Å². The molecule has 0 unspecified atom stereocenters. The van der Waals surface area contributed by atoms with E-state index in [2.05, 4.69) is 25.2 Å². The van der Waals surface area contributed by atoms with Crippen molar-refractivity contribution in [3.63, 3.8) is 0 Å². The van der Waals surface area contributed by atoms with Crippen LogP contribution in [0.15, 0.2) is 30.3 Å². The molecule has 0 atom stereocenters. The Bertz CT molecular complexity index is 903. The van der Waals surface area contributed by atoms with Gasteiger partial charge in [0, 0.05) is 18.8 Å². The summed E-state index contributed by atoms with van der Waals surface area (Å²) in [5.74, 6) is 0.507. The van der Waals surface area contributed by atoms with Crippen LogP contribution in [0.1, 0.15) is 21.2 Å². The van der Waals surface area contributed by atoms with Crippen LogP contribution in [-0.2, 0) is 11.3 Å². The van der Waals surface area contributed by atoms with Gasteiger partial charge in [-0.3, -0.25) is 4.79 Å². The number of amides is 1. The molecule has 0 aliphatic carbocycles. The largest absolute Gasteiger partial charge is 0.378 e. The molecule has 1 amide bonds. The average molecular weight is 369 g/mol. The lowest BCUT2D eigenvalue weighted by Crippen LogP contribution is -2.37. The zero-order valence-electron chi connectivity index (χ0n) is 14.4. The number of nitrogens with one attached hydrogen (secondary N) is 1. The number of benzene rings is 1. The van der Waals surface area contributed by atoms with E-state index in [9.17, 15) is 4.79 Å². The van der Waals surface area contributed by atoms with Gasteiger partial charge < -0.3 is 15.0 Å². The van der Waals surface area contributed by atoms with E-state index < -0.39 is 0 Å². The summed E-state index contributed by atoms with van der Waals surface area (Å²) in [7, 11) is 0. The number of para-hydroxylation sites is 1. The molecular weight excluding hydrogens is 350 g/mol. The number of fused-ring (bicyclic) bond motifs is 1. The lowest BCUT2D eigenvalue weighted by molar-refractivity contribution is 0.0950. The number of aromatic nitrogens is 3. The fourth-order valence-corrected chi connectivity index (χ4v) is 3.71. The maximum atomic E-state index is 12.4.